The first-order valence-electron chi connectivity index (χ1n) is 11.1. The van der Waals surface area contributed by atoms with Gasteiger partial charge in [0.25, 0.3) is 5.91 Å². The Bertz CT molecular complexity index is 1150. The summed E-state index contributed by atoms with van der Waals surface area (Å²) in [6.07, 6.45) is 3.19. The second-order valence-corrected chi connectivity index (χ2v) is 9.45. The summed E-state index contributed by atoms with van der Waals surface area (Å²) in [6, 6.07) is 4.44. The van der Waals surface area contributed by atoms with Crippen LogP contribution in [0.25, 0.3) is 0 Å². The van der Waals surface area contributed by atoms with Crippen molar-refractivity contribution in [2.75, 3.05) is 26.9 Å². The number of benzene rings is 1. The quantitative estimate of drug-likeness (QED) is 0.423. The van der Waals surface area contributed by atoms with Gasteiger partial charge in [0, 0.05) is 13.2 Å². The van der Waals surface area contributed by atoms with Crippen LogP contribution < -0.4 is 9.47 Å². The summed E-state index contributed by atoms with van der Waals surface area (Å²) < 4.78 is 16.9. The molecular weight excluding hydrogens is 456 g/mol. The van der Waals surface area contributed by atoms with Gasteiger partial charge >= 0.3 is 0 Å². The number of rotatable bonds is 9. The second-order valence-electron chi connectivity index (χ2n) is 8.24. The van der Waals surface area contributed by atoms with Crippen molar-refractivity contribution in [2.24, 2.45) is 0 Å². The molecule has 1 saturated heterocycles. The van der Waals surface area contributed by atoms with E-state index < -0.39 is 23.5 Å². The Morgan fingerprint density at radius 1 is 1.38 bits per heavy atom. The van der Waals surface area contributed by atoms with E-state index >= 15 is 0 Å². The largest absolute Gasteiger partial charge is 0.503 e. The van der Waals surface area contributed by atoms with E-state index in [-0.39, 0.29) is 18.2 Å². The van der Waals surface area contributed by atoms with E-state index in [0.29, 0.717) is 40.8 Å². The zero-order chi connectivity index (χ0) is 24.4. The summed E-state index contributed by atoms with van der Waals surface area (Å²) in [4.78, 5) is 33.1. The average molecular weight is 485 g/mol. The number of ether oxygens (including phenoxy) is 3. The van der Waals surface area contributed by atoms with Gasteiger partial charge in [-0.2, -0.15) is 0 Å². The lowest BCUT2D eigenvalue weighted by molar-refractivity contribution is -0.131. The fourth-order valence-electron chi connectivity index (χ4n) is 4.41. The van der Waals surface area contributed by atoms with Crippen LogP contribution in [0.15, 0.2) is 42.2 Å². The van der Waals surface area contributed by atoms with Gasteiger partial charge in [-0.05, 0) is 44.4 Å². The van der Waals surface area contributed by atoms with Crippen LogP contribution in [-0.2, 0) is 9.53 Å². The first-order chi connectivity index (χ1) is 16.3. The van der Waals surface area contributed by atoms with Crippen molar-refractivity contribution in [1.29, 1.82) is 0 Å². The molecule has 34 heavy (non-hydrogen) atoms. The highest BCUT2D eigenvalue weighted by Crippen LogP contribution is 2.43. The number of nitrogens with zero attached hydrogens (tertiary/aromatic N) is 2. The van der Waals surface area contributed by atoms with E-state index in [1.807, 2.05) is 6.92 Å². The Morgan fingerprint density at radius 3 is 2.79 bits per heavy atom. The number of ketones is 1. The molecule has 0 spiro atoms. The maximum absolute atomic E-state index is 13.6. The molecule has 1 N–H and O–H groups in total. The smallest absolute Gasteiger partial charge is 0.290 e. The molecule has 3 heterocycles. The first-order valence-corrected chi connectivity index (χ1v) is 11.9. The number of hydrogen-bond acceptors (Lipinski definition) is 8. The number of aryl methyl sites for hydroxylation is 2. The van der Waals surface area contributed by atoms with Gasteiger partial charge in [0.1, 0.15) is 6.61 Å². The third kappa shape index (κ3) is 4.45. The predicted octanol–water partition coefficient (Wildman–Crippen LogP) is 4.09. The van der Waals surface area contributed by atoms with Gasteiger partial charge in [-0.1, -0.05) is 18.7 Å². The molecule has 2 aliphatic rings. The summed E-state index contributed by atoms with van der Waals surface area (Å²) in [5.41, 5.74) is 1.24. The van der Waals surface area contributed by atoms with Crippen LogP contribution in [0.2, 0.25) is 0 Å². The molecule has 1 aromatic heterocycles. The van der Waals surface area contributed by atoms with Crippen molar-refractivity contribution in [3.63, 3.8) is 0 Å². The molecule has 9 heteroatoms. The minimum Gasteiger partial charge on any atom is -0.503 e. The highest BCUT2D eigenvalue weighted by Gasteiger charge is 2.45. The number of aromatic nitrogens is 1. The molecule has 180 valence electrons. The van der Waals surface area contributed by atoms with Gasteiger partial charge in [0.15, 0.2) is 17.3 Å². The number of methoxy groups -OCH3 is 1. The average Bonchev–Trinajstić information content (AvgIpc) is 3.52. The highest BCUT2D eigenvalue weighted by molar-refractivity contribution is 7.14. The summed E-state index contributed by atoms with van der Waals surface area (Å²) in [7, 11) is 1.52. The molecule has 0 radical (unpaired) electrons. The van der Waals surface area contributed by atoms with Crippen LogP contribution in [-0.4, -0.2) is 59.7 Å². The van der Waals surface area contributed by atoms with Gasteiger partial charge in [-0.15, -0.1) is 11.3 Å². The molecule has 2 aromatic rings. The molecule has 4 rings (SSSR count). The molecule has 2 aliphatic heterocycles. The van der Waals surface area contributed by atoms with Crippen LogP contribution in [0.1, 0.15) is 44.8 Å². The van der Waals surface area contributed by atoms with Crippen LogP contribution >= 0.6 is 11.3 Å². The molecule has 8 nitrogen and oxygen atoms in total. The minimum atomic E-state index is -0.798. The molecular formula is C25H28N2O6S. The zero-order valence-corrected chi connectivity index (χ0v) is 20.3. The number of carbonyl (C=O) groups is 2. The van der Waals surface area contributed by atoms with E-state index in [1.54, 1.807) is 31.2 Å². The molecule has 1 amide bonds. The monoisotopic (exact) mass is 484 g/mol. The zero-order valence-electron chi connectivity index (χ0n) is 19.5. The minimum absolute atomic E-state index is 0.0385. The summed E-state index contributed by atoms with van der Waals surface area (Å²) >= 11 is 1.25. The lowest BCUT2D eigenvalue weighted by Crippen LogP contribution is -2.37. The fourth-order valence-corrected chi connectivity index (χ4v) is 5.29. The first kappa shape index (κ1) is 24.0. The van der Waals surface area contributed by atoms with Gasteiger partial charge in [-0.25, -0.2) is 4.98 Å². The third-order valence-corrected chi connectivity index (χ3v) is 7.01. The third-order valence-electron chi connectivity index (χ3n) is 5.94. The van der Waals surface area contributed by atoms with Crippen molar-refractivity contribution in [2.45, 2.75) is 38.8 Å². The molecule has 0 saturated carbocycles. The van der Waals surface area contributed by atoms with E-state index in [4.69, 9.17) is 14.2 Å². The number of Topliss-reactive ketones (excluding diaryl/α,β-unsaturated/α-hetero) is 1. The van der Waals surface area contributed by atoms with Crippen molar-refractivity contribution in [1.82, 2.24) is 9.88 Å². The highest BCUT2D eigenvalue weighted by atomic mass is 32.1. The molecule has 2 unspecified atom stereocenters. The Balaban J connectivity index is 1.79. The van der Waals surface area contributed by atoms with E-state index in [2.05, 4.69) is 11.6 Å². The van der Waals surface area contributed by atoms with E-state index in [1.165, 1.54) is 23.3 Å². The molecule has 0 bridgehead atoms. The molecule has 0 aliphatic carbocycles. The predicted molar refractivity (Wildman–Crippen MR) is 128 cm³/mol. The number of hydrogen-bond donors (Lipinski definition) is 1. The van der Waals surface area contributed by atoms with Crippen molar-refractivity contribution in [3.05, 3.63) is 63.3 Å². The topological polar surface area (TPSA) is 98.2 Å². The number of aliphatic hydroxyl groups is 1. The number of amides is 1. The molecule has 1 fully saturated rings. The lowest BCUT2D eigenvalue weighted by Gasteiger charge is -2.29. The Labute approximate surface area is 202 Å². The maximum Gasteiger partial charge on any atom is 0.290 e. The summed E-state index contributed by atoms with van der Waals surface area (Å²) in [6.45, 7) is 8.42. The van der Waals surface area contributed by atoms with Gasteiger partial charge in [0.2, 0.25) is 5.78 Å². The number of thiazole rings is 1. The standard InChI is InChI=1S/C25H28N2O6S/c1-5-10-33-18-9-8-16(12-19(18)31-4)21-20(22(28)24-14(2)26-15(3)34-24)23(29)25(30)27(21)13-17-7-6-11-32-17/h5,8-9,12,17,21,29H,1,6-7,10-11,13H2,2-4H3. The maximum atomic E-state index is 13.6. The van der Waals surface area contributed by atoms with Gasteiger partial charge in [0.05, 0.1) is 40.4 Å². The van der Waals surface area contributed by atoms with Crippen LogP contribution in [0, 0.1) is 13.8 Å². The van der Waals surface area contributed by atoms with Gasteiger partial charge in [-0.3, -0.25) is 9.59 Å². The molecule has 2 atom stereocenters. The van der Waals surface area contributed by atoms with Crippen LogP contribution in [0.4, 0.5) is 0 Å². The Hall–Kier alpha value is -3.17. The Kier molecular flexibility index (Phi) is 7.04. The second kappa shape index (κ2) is 9.99. The van der Waals surface area contributed by atoms with Gasteiger partial charge < -0.3 is 24.2 Å². The fraction of sp³-hybridized carbons (Fsp3) is 0.400. The normalized spacial score (nSPS) is 20.2. The summed E-state index contributed by atoms with van der Waals surface area (Å²) in [5, 5.41) is 11.6. The van der Waals surface area contributed by atoms with E-state index in [9.17, 15) is 14.7 Å². The summed E-state index contributed by atoms with van der Waals surface area (Å²) in [5.74, 6) is -0.569. The van der Waals surface area contributed by atoms with Crippen molar-refractivity contribution in [3.8, 4) is 11.5 Å². The number of carbonyl (C=O) groups excluding carboxylic acids is 2. The van der Waals surface area contributed by atoms with Crippen molar-refractivity contribution >= 4 is 23.0 Å². The van der Waals surface area contributed by atoms with Crippen LogP contribution in [0.3, 0.4) is 0 Å². The lowest BCUT2D eigenvalue weighted by atomic mass is 9.94. The van der Waals surface area contributed by atoms with E-state index in [0.717, 1.165) is 17.8 Å². The SMILES string of the molecule is C=CCOc1ccc(C2C(C(=O)c3sc(C)nc3C)=C(O)C(=O)N2CC2CCCO2)cc1OC. The molecule has 1 aromatic carbocycles. The van der Waals surface area contributed by atoms with Crippen LogP contribution in [0.5, 0.6) is 11.5 Å². The number of aliphatic hydroxyl groups excluding tert-OH is 1. The Morgan fingerprint density at radius 2 is 2.18 bits per heavy atom. The van der Waals surface area contributed by atoms with Crippen molar-refractivity contribution < 1.29 is 28.9 Å².